The summed E-state index contributed by atoms with van der Waals surface area (Å²) in [5.41, 5.74) is 5.09. The van der Waals surface area contributed by atoms with Crippen LogP contribution in [0, 0.1) is 19.3 Å². The van der Waals surface area contributed by atoms with Gasteiger partial charge in [-0.1, -0.05) is 6.07 Å². The number of rotatable bonds is 4. The summed E-state index contributed by atoms with van der Waals surface area (Å²) in [6.45, 7) is 8.96. The number of likely N-dealkylation sites (tertiary alicyclic amines) is 2. The number of amides is 1. The molecule has 0 aromatic carbocycles. The van der Waals surface area contributed by atoms with Crippen LogP contribution in [0.1, 0.15) is 48.2 Å². The first-order valence-electron chi connectivity index (χ1n) is 10.3. The molecule has 0 aliphatic carbocycles. The van der Waals surface area contributed by atoms with Gasteiger partial charge < -0.3 is 4.90 Å². The Morgan fingerprint density at radius 1 is 1.18 bits per heavy atom. The monoisotopic (exact) mass is 381 g/mol. The van der Waals surface area contributed by atoms with E-state index in [1.807, 2.05) is 24.0 Å². The van der Waals surface area contributed by atoms with Gasteiger partial charge in [0.25, 0.3) is 0 Å². The third-order valence-corrected chi connectivity index (χ3v) is 6.63. The van der Waals surface area contributed by atoms with Crippen LogP contribution in [0.15, 0.2) is 24.5 Å². The Bertz CT molecular complexity index is 846. The Morgan fingerprint density at radius 2 is 2.04 bits per heavy atom. The summed E-state index contributed by atoms with van der Waals surface area (Å²) < 4.78 is 1.99. The fraction of sp³-hybridized carbons (Fsp3) is 0.591. The highest BCUT2D eigenvalue weighted by atomic mass is 16.2. The Kier molecular flexibility index (Phi) is 5.23. The smallest absolute Gasteiger partial charge is 0.222 e. The van der Waals surface area contributed by atoms with Gasteiger partial charge in [0.1, 0.15) is 0 Å². The Balaban J connectivity index is 1.47. The summed E-state index contributed by atoms with van der Waals surface area (Å²) in [7, 11) is 2.02. The molecule has 6 heteroatoms. The Labute approximate surface area is 167 Å². The molecule has 2 aromatic rings. The molecule has 2 aromatic heterocycles. The van der Waals surface area contributed by atoms with E-state index in [9.17, 15) is 4.79 Å². The predicted molar refractivity (Wildman–Crippen MR) is 109 cm³/mol. The van der Waals surface area contributed by atoms with Crippen LogP contribution in [0.25, 0.3) is 0 Å². The first kappa shape index (κ1) is 19.1. The number of piperidine rings is 2. The normalized spacial score (nSPS) is 23.5. The zero-order chi connectivity index (χ0) is 19.7. The number of carbonyl (C=O) groups excluding carboxylic acids is 1. The van der Waals surface area contributed by atoms with Gasteiger partial charge in [0.15, 0.2) is 0 Å². The lowest BCUT2D eigenvalue weighted by Crippen LogP contribution is -2.53. The molecule has 1 atom stereocenters. The second kappa shape index (κ2) is 7.66. The average molecular weight is 382 g/mol. The summed E-state index contributed by atoms with van der Waals surface area (Å²) in [4.78, 5) is 21.4. The molecule has 2 fully saturated rings. The van der Waals surface area contributed by atoms with E-state index < -0.39 is 0 Å². The molecule has 2 aliphatic rings. The van der Waals surface area contributed by atoms with Crippen molar-refractivity contribution >= 4 is 5.91 Å². The number of hydrogen-bond donors (Lipinski definition) is 0. The number of nitrogens with zero attached hydrogens (tertiary/aromatic N) is 5. The number of aryl methyl sites for hydroxylation is 2. The average Bonchev–Trinajstić information content (AvgIpc) is 2.92. The summed E-state index contributed by atoms with van der Waals surface area (Å²) in [5.74, 6) is 0.283. The molecule has 0 saturated carbocycles. The van der Waals surface area contributed by atoms with Crippen LogP contribution >= 0.6 is 0 Å². The van der Waals surface area contributed by atoms with Crippen LogP contribution in [-0.2, 0) is 24.9 Å². The number of aromatic nitrogens is 3. The van der Waals surface area contributed by atoms with Gasteiger partial charge in [-0.2, -0.15) is 5.10 Å². The minimum Gasteiger partial charge on any atom is -0.338 e. The van der Waals surface area contributed by atoms with Crippen LogP contribution in [-0.4, -0.2) is 50.1 Å². The first-order valence-corrected chi connectivity index (χ1v) is 10.3. The van der Waals surface area contributed by atoms with E-state index in [0.29, 0.717) is 13.0 Å². The molecular formula is C22H31N5O. The van der Waals surface area contributed by atoms with E-state index >= 15 is 0 Å². The third kappa shape index (κ3) is 3.83. The van der Waals surface area contributed by atoms with Crippen molar-refractivity contribution in [1.29, 1.82) is 0 Å². The summed E-state index contributed by atoms with van der Waals surface area (Å²) in [6, 6.07) is 4.00. The van der Waals surface area contributed by atoms with Crippen LogP contribution < -0.4 is 0 Å². The second-order valence-electron chi connectivity index (χ2n) is 8.70. The highest BCUT2D eigenvalue weighted by Gasteiger charge is 2.41. The zero-order valence-corrected chi connectivity index (χ0v) is 17.3. The highest BCUT2D eigenvalue weighted by Crippen LogP contribution is 2.39. The van der Waals surface area contributed by atoms with Crippen molar-refractivity contribution in [3.8, 4) is 0 Å². The summed E-state index contributed by atoms with van der Waals surface area (Å²) in [5, 5.41) is 4.58. The van der Waals surface area contributed by atoms with Gasteiger partial charge in [-0.3, -0.25) is 19.4 Å². The lowest BCUT2D eigenvalue weighted by Gasteiger charge is -2.48. The molecule has 0 radical (unpaired) electrons. The van der Waals surface area contributed by atoms with E-state index in [-0.39, 0.29) is 11.3 Å². The van der Waals surface area contributed by atoms with Crippen LogP contribution in [0.3, 0.4) is 0 Å². The number of carbonyl (C=O) groups is 1. The first-order chi connectivity index (χ1) is 13.5. The number of hydrogen-bond acceptors (Lipinski definition) is 4. The minimum absolute atomic E-state index is 0.221. The van der Waals surface area contributed by atoms with Crippen LogP contribution in [0.5, 0.6) is 0 Å². The Hall–Kier alpha value is -2.21. The van der Waals surface area contributed by atoms with Crippen molar-refractivity contribution in [1.82, 2.24) is 24.6 Å². The third-order valence-electron chi connectivity index (χ3n) is 6.63. The van der Waals surface area contributed by atoms with E-state index in [1.165, 1.54) is 24.1 Å². The lowest BCUT2D eigenvalue weighted by molar-refractivity contribution is -0.140. The fourth-order valence-electron chi connectivity index (χ4n) is 5.01. The molecule has 150 valence electrons. The standard InChI is InChI=1S/C22H31N5O/c1-17-20(18(2)25(3)24-17)14-26-11-5-8-22(15-26)9-7-21(28)27(16-22)13-19-6-4-10-23-12-19/h4,6,10,12H,5,7-9,11,13-16H2,1-3H3/t22-/m1/s1. The molecule has 28 heavy (non-hydrogen) atoms. The highest BCUT2D eigenvalue weighted by molar-refractivity contribution is 5.77. The Morgan fingerprint density at radius 3 is 2.75 bits per heavy atom. The fourth-order valence-corrected chi connectivity index (χ4v) is 5.01. The van der Waals surface area contributed by atoms with E-state index in [1.54, 1.807) is 6.20 Å². The van der Waals surface area contributed by atoms with Gasteiger partial charge in [0, 0.05) is 68.7 Å². The maximum Gasteiger partial charge on any atom is 0.222 e. The molecule has 0 bridgehead atoms. The van der Waals surface area contributed by atoms with Gasteiger partial charge in [0.05, 0.1) is 5.69 Å². The summed E-state index contributed by atoms with van der Waals surface area (Å²) in [6.07, 6.45) is 7.74. The van der Waals surface area contributed by atoms with Crippen molar-refractivity contribution in [3.05, 3.63) is 47.0 Å². The second-order valence-corrected chi connectivity index (χ2v) is 8.70. The van der Waals surface area contributed by atoms with Crippen LogP contribution in [0.2, 0.25) is 0 Å². The van der Waals surface area contributed by atoms with Crippen molar-refractivity contribution in [2.75, 3.05) is 19.6 Å². The molecule has 0 N–H and O–H groups in total. The molecule has 0 unspecified atom stereocenters. The molecule has 2 aliphatic heterocycles. The maximum atomic E-state index is 12.6. The molecule has 1 amide bonds. The maximum absolute atomic E-state index is 12.6. The molecule has 4 rings (SSSR count). The van der Waals surface area contributed by atoms with Gasteiger partial charge in [-0.15, -0.1) is 0 Å². The largest absolute Gasteiger partial charge is 0.338 e. The van der Waals surface area contributed by atoms with Gasteiger partial charge in [-0.25, -0.2) is 0 Å². The topological polar surface area (TPSA) is 54.3 Å². The number of pyridine rings is 1. The molecule has 6 nitrogen and oxygen atoms in total. The van der Waals surface area contributed by atoms with Crippen molar-refractivity contribution < 1.29 is 4.79 Å². The van der Waals surface area contributed by atoms with Crippen molar-refractivity contribution in [3.63, 3.8) is 0 Å². The SMILES string of the molecule is Cc1nn(C)c(C)c1CN1CCC[C@@]2(CCC(=O)N(Cc3cccnc3)C2)C1. The van der Waals surface area contributed by atoms with Gasteiger partial charge in [-0.05, 0) is 51.3 Å². The molecule has 2 saturated heterocycles. The molecule has 4 heterocycles. The van der Waals surface area contributed by atoms with Gasteiger partial charge >= 0.3 is 0 Å². The lowest BCUT2D eigenvalue weighted by atomic mass is 9.73. The zero-order valence-electron chi connectivity index (χ0n) is 17.3. The molecular weight excluding hydrogens is 350 g/mol. The van der Waals surface area contributed by atoms with Crippen molar-refractivity contribution in [2.24, 2.45) is 12.5 Å². The molecule has 1 spiro atoms. The quantitative estimate of drug-likeness (QED) is 0.817. The van der Waals surface area contributed by atoms with E-state index in [2.05, 4.69) is 39.8 Å². The van der Waals surface area contributed by atoms with Gasteiger partial charge in [0.2, 0.25) is 5.91 Å². The van der Waals surface area contributed by atoms with E-state index in [4.69, 9.17) is 0 Å². The summed E-state index contributed by atoms with van der Waals surface area (Å²) >= 11 is 0. The van der Waals surface area contributed by atoms with Crippen LogP contribution in [0.4, 0.5) is 0 Å². The van der Waals surface area contributed by atoms with E-state index in [0.717, 1.165) is 43.9 Å². The minimum atomic E-state index is 0.221. The predicted octanol–water partition coefficient (Wildman–Crippen LogP) is 2.84. The van der Waals surface area contributed by atoms with Crippen molar-refractivity contribution in [2.45, 2.75) is 52.6 Å².